The molecule has 0 saturated carbocycles. The number of aromatic nitrogens is 2. The van der Waals surface area contributed by atoms with Gasteiger partial charge in [0.1, 0.15) is 5.58 Å². The van der Waals surface area contributed by atoms with Crippen molar-refractivity contribution in [1.82, 2.24) is 9.66 Å². The molecule has 2 heterocycles. The first-order chi connectivity index (χ1) is 18.9. The van der Waals surface area contributed by atoms with Gasteiger partial charge in [0.25, 0.3) is 5.56 Å². The number of nitrogens with zero attached hydrogens (tertiary/aromatic N) is 3. The number of ether oxygens (including phenoxy) is 4. The Balaban J connectivity index is 1.62. The van der Waals surface area contributed by atoms with Gasteiger partial charge in [-0.15, -0.1) is 0 Å². The molecule has 5 rings (SSSR count). The van der Waals surface area contributed by atoms with Crippen molar-refractivity contribution < 1.29 is 28.2 Å². The fourth-order valence-corrected chi connectivity index (χ4v) is 4.13. The normalized spacial score (nSPS) is 11.3. The summed E-state index contributed by atoms with van der Waals surface area (Å²) in [7, 11) is 4.16. The number of para-hydroxylation sites is 1. The second kappa shape index (κ2) is 10.9. The van der Waals surface area contributed by atoms with E-state index >= 15 is 0 Å². The molecule has 0 aliphatic rings. The van der Waals surface area contributed by atoms with Crippen LogP contribution in [0.1, 0.15) is 5.56 Å². The van der Waals surface area contributed by atoms with E-state index in [1.807, 2.05) is 0 Å². The molecule has 3 aromatic carbocycles. The van der Waals surface area contributed by atoms with Crippen molar-refractivity contribution in [2.45, 2.75) is 0 Å². The average molecular weight is 548 g/mol. The average Bonchev–Trinajstić information content (AvgIpc) is 3.38. The number of esters is 1. The lowest BCUT2D eigenvalue weighted by atomic mass is 10.2. The number of furan rings is 1. The van der Waals surface area contributed by atoms with Crippen molar-refractivity contribution in [3.05, 3.63) is 81.6 Å². The highest BCUT2D eigenvalue weighted by molar-refractivity contribution is 6.31. The number of hydrogen-bond donors (Lipinski definition) is 0. The van der Waals surface area contributed by atoms with E-state index in [1.165, 1.54) is 32.2 Å². The third kappa shape index (κ3) is 5.14. The minimum atomic E-state index is -0.562. The van der Waals surface area contributed by atoms with Crippen molar-refractivity contribution in [2.24, 2.45) is 5.10 Å². The molecular formula is C28H22ClN3O7. The summed E-state index contributed by atoms with van der Waals surface area (Å²) in [6.45, 7) is -0.332. The first-order valence-electron chi connectivity index (χ1n) is 11.6. The van der Waals surface area contributed by atoms with Crippen LogP contribution in [0.4, 0.5) is 0 Å². The maximum atomic E-state index is 13.5. The van der Waals surface area contributed by atoms with E-state index < -0.39 is 5.97 Å². The van der Waals surface area contributed by atoms with Crippen molar-refractivity contribution in [1.29, 1.82) is 0 Å². The predicted molar refractivity (Wildman–Crippen MR) is 146 cm³/mol. The van der Waals surface area contributed by atoms with Crippen molar-refractivity contribution in [2.75, 3.05) is 27.9 Å². The van der Waals surface area contributed by atoms with Gasteiger partial charge in [-0.25, -0.2) is 9.78 Å². The Morgan fingerprint density at radius 2 is 1.79 bits per heavy atom. The van der Waals surface area contributed by atoms with Gasteiger partial charge in [-0.2, -0.15) is 9.78 Å². The molecule has 0 unspecified atom stereocenters. The smallest absolute Gasteiger partial charge is 0.343 e. The zero-order chi connectivity index (χ0) is 27.5. The maximum absolute atomic E-state index is 13.5. The van der Waals surface area contributed by atoms with Crippen LogP contribution in [0.3, 0.4) is 0 Å². The van der Waals surface area contributed by atoms with Gasteiger partial charge in [0, 0.05) is 16.0 Å². The Morgan fingerprint density at radius 1 is 1.05 bits per heavy atom. The summed E-state index contributed by atoms with van der Waals surface area (Å²) in [5.74, 6) is 0.784. The highest BCUT2D eigenvalue weighted by atomic mass is 35.5. The Hall–Kier alpha value is -4.83. The standard InChI is InChI=1S/C28H22ClN3O7/c1-35-22-10-16(11-23(36-2)26(22)38-15-25(33)37-3)14-30-32-27(31-20-7-5-4-6-19(20)28(32)34)24-13-17-12-18(29)8-9-21(17)39-24/h4-14H,15H2,1-3H3. The molecule has 0 bridgehead atoms. The minimum Gasteiger partial charge on any atom is -0.493 e. The fourth-order valence-electron chi connectivity index (χ4n) is 3.95. The Kier molecular flexibility index (Phi) is 7.20. The highest BCUT2D eigenvalue weighted by Gasteiger charge is 2.18. The molecule has 5 aromatic rings. The Bertz CT molecular complexity index is 1770. The molecule has 0 spiro atoms. The lowest BCUT2D eigenvalue weighted by Gasteiger charge is -2.14. The molecule has 198 valence electrons. The predicted octanol–water partition coefficient (Wildman–Crippen LogP) is 4.91. The van der Waals surface area contributed by atoms with Crippen LogP contribution in [0.2, 0.25) is 5.02 Å². The van der Waals surface area contributed by atoms with Crippen LogP contribution < -0.4 is 19.8 Å². The summed E-state index contributed by atoms with van der Waals surface area (Å²) in [5, 5.41) is 6.16. The fraction of sp³-hybridized carbons (Fsp3) is 0.143. The van der Waals surface area contributed by atoms with Crippen LogP contribution >= 0.6 is 11.6 Å². The molecular weight excluding hydrogens is 526 g/mol. The second-order valence-corrected chi connectivity index (χ2v) is 8.66. The monoisotopic (exact) mass is 547 g/mol. The number of carbonyl (C=O) groups is 1. The van der Waals surface area contributed by atoms with E-state index in [0.717, 1.165) is 5.39 Å². The first-order valence-corrected chi connectivity index (χ1v) is 12.0. The van der Waals surface area contributed by atoms with E-state index in [9.17, 15) is 9.59 Å². The quantitative estimate of drug-likeness (QED) is 0.199. The Labute approximate surface area is 226 Å². The van der Waals surface area contributed by atoms with Crippen molar-refractivity contribution in [3.8, 4) is 28.8 Å². The third-order valence-electron chi connectivity index (χ3n) is 5.82. The molecule has 0 saturated heterocycles. The van der Waals surface area contributed by atoms with Crippen molar-refractivity contribution in [3.63, 3.8) is 0 Å². The molecule has 0 fully saturated rings. The maximum Gasteiger partial charge on any atom is 0.343 e. The van der Waals surface area contributed by atoms with E-state index in [4.69, 9.17) is 30.2 Å². The summed E-state index contributed by atoms with van der Waals surface area (Å²) >= 11 is 6.14. The second-order valence-electron chi connectivity index (χ2n) is 8.23. The number of fused-ring (bicyclic) bond motifs is 2. The van der Waals surface area contributed by atoms with Gasteiger partial charge in [0.05, 0.1) is 38.4 Å². The van der Waals surface area contributed by atoms with Gasteiger partial charge in [0.15, 0.2) is 23.9 Å². The van der Waals surface area contributed by atoms with E-state index in [0.29, 0.717) is 32.8 Å². The van der Waals surface area contributed by atoms with E-state index in [-0.39, 0.29) is 35.2 Å². The van der Waals surface area contributed by atoms with Gasteiger partial charge in [-0.1, -0.05) is 23.7 Å². The summed E-state index contributed by atoms with van der Waals surface area (Å²) in [6.07, 6.45) is 1.45. The van der Waals surface area contributed by atoms with Crippen molar-refractivity contribution >= 4 is 45.7 Å². The molecule has 0 aliphatic heterocycles. The van der Waals surface area contributed by atoms with Crippen LogP contribution in [0.5, 0.6) is 17.2 Å². The third-order valence-corrected chi connectivity index (χ3v) is 6.05. The van der Waals surface area contributed by atoms with Crippen LogP contribution in [0.25, 0.3) is 33.5 Å². The summed E-state index contributed by atoms with van der Waals surface area (Å²) in [5.41, 5.74) is 1.22. The molecule has 39 heavy (non-hydrogen) atoms. The topological polar surface area (TPSA) is 114 Å². The lowest BCUT2D eigenvalue weighted by molar-refractivity contribution is -0.142. The van der Waals surface area contributed by atoms with Gasteiger partial charge in [-0.05, 0) is 48.5 Å². The SMILES string of the molecule is COC(=O)COc1c(OC)cc(C=Nn2c(-c3cc4cc(Cl)ccc4o3)nc3ccccc3c2=O)cc1OC. The van der Waals surface area contributed by atoms with Gasteiger partial charge < -0.3 is 23.4 Å². The summed E-state index contributed by atoms with van der Waals surface area (Å²) in [6, 6.07) is 17.2. The molecule has 0 atom stereocenters. The largest absolute Gasteiger partial charge is 0.493 e. The van der Waals surface area contributed by atoms with Crippen LogP contribution in [-0.2, 0) is 9.53 Å². The highest BCUT2D eigenvalue weighted by Crippen LogP contribution is 2.38. The molecule has 0 N–H and O–H groups in total. The number of rotatable bonds is 8. The van der Waals surface area contributed by atoms with Gasteiger partial charge in [-0.3, -0.25) is 4.79 Å². The number of halogens is 1. The van der Waals surface area contributed by atoms with E-state index in [1.54, 1.807) is 60.7 Å². The summed E-state index contributed by atoms with van der Waals surface area (Å²) < 4.78 is 28.2. The van der Waals surface area contributed by atoms with E-state index in [2.05, 4.69) is 14.8 Å². The molecule has 0 amide bonds. The number of hydrogen-bond acceptors (Lipinski definition) is 9. The molecule has 10 nitrogen and oxygen atoms in total. The zero-order valence-corrected chi connectivity index (χ0v) is 21.9. The molecule has 0 aliphatic carbocycles. The number of methoxy groups -OCH3 is 3. The van der Waals surface area contributed by atoms with Gasteiger partial charge >= 0.3 is 5.97 Å². The number of benzene rings is 3. The lowest BCUT2D eigenvalue weighted by Crippen LogP contribution is -2.20. The van der Waals surface area contributed by atoms with Crippen LogP contribution in [0, 0.1) is 0 Å². The minimum absolute atomic E-state index is 0.208. The molecule has 2 aromatic heterocycles. The zero-order valence-electron chi connectivity index (χ0n) is 21.1. The molecule has 11 heteroatoms. The van der Waals surface area contributed by atoms with Crippen LogP contribution in [0.15, 0.2) is 75.0 Å². The first kappa shape index (κ1) is 25.8. The van der Waals surface area contributed by atoms with Gasteiger partial charge in [0.2, 0.25) is 11.6 Å². The Morgan fingerprint density at radius 3 is 2.51 bits per heavy atom. The number of carbonyl (C=O) groups excluding carboxylic acids is 1. The van der Waals surface area contributed by atoms with Crippen LogP contribution in [-0.4, -0.2) is 49.8 Å². The summed E-state index contributed by atoms with van der Waals surface area (Å²) in [4.78, 5) is 29.8. The molecule has 0 radical (unpaired) electrons.